The second kappa shape index (κ2) is 8.55. The number of nitrogens with zero attached hydrogens (tertiary/aromatic N) is 3. The zero-order valence-corrected chi connectivity index (χ0v) is 17.4. The molecule has 1 N–H and O–H groups in total. The molecular formula is C25H22N4O3. The lowest BCUT2D eigenvalue weighted by Crippen LogP contribution is -2.25. The van der Waals surface area contributed by atoms with Crippen molar-refractivity contribution in [1.29, 1.82) is 0 Å². The Bertz CT molecular complexity index is 1260. The van der Waals surface area contributed by atoms with E-state index in [0.717, 1.165) is 23.4 Å². The van der Waals surface area contributed by atoms with Gasteiger partial charge in [0.1, 0.15) is 18.0 Å². The number of para-hydroxylation sites is 2. The van der Waals surface area contributed by atoms with Crippen molar-refractivity contribution in [3.63, 3.8) is 0 Å². The minimum Gasteiger partial charge on any atom is -0.487 e. The fraction of sp³-hybridized carbons (Fsp3) is 0.160. The van der Waals surface area contributed by atoms with Crippen molar-refractivity contribution in [2.45, 2.75) is 19.4 Å². The van der Waals surface area contributed by atoms with E-state index >= 15 is 0 Å². The van der Waals surface area contributed by atoms with Gasteiger partial charge in [-0.3, -0.25) is 9.59 Å². The molecule has 2 aromatic heterocycles. The molecule has 2 amide bonds. The molecule has 32 heavy (non-hydrogen) atoms. The van der Waals surface area contributed by atoms with Gasteiger partial charge in [-0.05, 0) is 48.9 Å². The molecule has 2 aromatic carbocycles. The molecule has 0 saturated carbocycles. The number of anilines is 2. The van der Waals surface area contributed by atoms with Gasteiger partial charge in [0.05, 0.1) is 17.1 Å². The van der Waals surface area contributed by atoms with Crippen LogP contribution in [0.15, 0.2) is 79.1 Å². The van der Waals surface area contributed by atoms with Crippen LogP contribution in [0, 0.1) is 0 Å². The van der Waals surface area contributed by atoms with Gasteiger partial charge in [-0.1, -0.05) is 24.3 Å². The smallest absolute Gasteiger partial charge is 0.255 e. The molecule has 1 aliphatic rings. The highest BCUT2D eigenvalue weighted by molar-refractivity contribution is 6.08. The monoisotopic (exact) mass is 426 g/mol. The maximum absolute atomic E-state index is 12.9. The first-order valence-electron chi connectivity index (χ1n) is 10.5. The van der Waals surface area contributed by atoms with Crippen LogP contribution in [0.3, 0.4) is 0 Å². The average molecular weight is 426 g/mol. The van der Waals surface area contributed by atoms with Gasteiger partial charge < -0.3 is 19.4 Å². The Morgan fingerprint density at radius 2 is 1.94 bits per heavy atom. The van der Waals surface area contributed by atoms with E-state index in [2.05, 4.69) is 10.3 Å². The summed E-state index contributed by atoms with van der Waals surface area (Å²) in [7, 11) is 0. The van der Waals surface area contributed by atoms with Crippen molar-refractivity contribution in [2.24, 2.45) is 0 Å². The summed E-state index contributed by atoms with van der Waals surface area (Å²) >= 11 is 0. The lowest BCUT2D eigenvalue weighted by Gasteiger charge is -2.20. The molecule has 4 aromatic rings. The first-order valence-corrected chi connectivity index (χ1v) is 10.5. The topological polar surface area (TPSA) is 75.9 Å². The van der Waals surface area contributed by atoms with E-state index in [9.17, 15) is 9.59 Å². The van der Waals surface area contributed by atoms with E-state index in [-0.39, 0.29) is 11.8 Å². The van der Waals surface area contributed by atoms with Gasteiger partial charge in [-0.25, -0.2) is 4.98 Å². The van der Waals surface area contributed by atoms with Crippen molar-refractivity contribution in [3.05, 3.63) is 90.4 Å². The van der Waals surface area contributed by atoms with Crippen LogP contribution < -0.4 is 15.0 Å². The highest BCUT2D eigenvalue weighted by atomic mass is 16.5. The number of carbonyl (C=O) groups is 2. The largest absolute Gasteiger partial charge is 0.487 e. The molecule has 7 nitrogen and oxygen atoms in total. The number of imidazole rings is 1. The van der Waals surface area contributed by atoms with Crippen LogP contribution >= 0.6 is 0 Å². The first kappa shape index (κ1) is 19.8. The van der Waals surface area contributed by atoms with Crippen molar-refractivity contribution in [2.75, 3.05) is 16.8 Å². The number of ether oxygens (including phenoxy) is 1. The van der Waals surface area contributed by atoms with E-state index in [1.165, 1.54) is 0 Å². The molecule has 3 heterocycles. The summed E-state index contributed by atoms with van der Waals surface area (Å²) in [4.78, 5) is 31.3. The van der Waals surface area contributed by atoms with E-state index in [4.69, 9.17) is 4.74 Å². The number of nitrogens with one attached hydrogen (secondary N) is 1. The molecule has 0 spiro atoms. The van der Waals surface area contributed by atoms with Crippen LogP contribution in [-0.4, -0.2) is 27.7 Å². The highest BCUT2D eigenvalue weighted by Gasteiger charge is 2.24. The fourth-order valence-electron chi connectivity index (χ4n) is 3.85. The number of hydrogen-bond donors (Lipinski definition) is 1. The number of rotatable bonds is 6. The summed E-state index contributed by atoms with van der Waals surface area (Å²) in [6, 6.07) is 20.2. The minimum atomic E-state index is -0.262. The van der Waals surface area contributed by atoms with Crippen molar-refractivity contribution in [3.8, 4) is 5.75 Å². The number of hydrogen-bond acceptors (Lipinski definition) is 4. The first-order chi connectivity index (χ1) is 15.7. The van der Waals surface area contributed by atoms with Crippen LogP contribution in [0.2, 0.25) is 0 Å². The molecule has 160 valence electrons. The molecule has 1 aliphatic heterocycles. The van der Waals surface area contributed by atoms with Gasteiger partial charge in [0.15, 0.2) is 0 Å². The summed E-state index contributed by atoms with van der Waals surface area (Å²) in [6.45, 7) is 0.963. The molecular weight excluding hydrogens is 404 g/mol. The third-order valence-corrected chi connectivity index (χ3v) is 5.41. The zero-order chi connectivity index (χ0) is 21.9. The molecule has 0 radical (unpaired) electrons. The van der Waals surface area contributed by atoms with Crippen molar-refractivity contribution >= 4 is 28.8 Å². The lowest BCUT2D eigenvalue weighted by molar-refractivity contribution is -0.117. The zero-order valence-electron chi connectivity index (χ0n) is 17.4. The SMILES string of the molecule is O=C(Nc1ccccc1N1CCCC1=O)c1cccc(OCc2cn3ccccc3n2)c1. The number of carbonyl (C=O) groups excluding carboxylic acids is 2. The number of aromatic nitrogens is 2. The number of pyridine rings is 1. The third-order valence-electron chi connectivity index (χ3n) is 5.41. The summed E-state index contributed by atoms with van der Waals surface area (Å²) in [5.74, 6) is 0.397. The van der Waals surface area contributed by atoms with Crippen LogP contribution in [0.4, 0.5) is 11.4 Å². The summed E-state index contributed by atoms with van der Waals surface area (Å²) < 4.78 is 7.81. The van der Waals surface area contributed by atoms with E-state index in [1.54, 1.807) is 23.1 Å². The highest BCUT2D eigenvalue weighted by Crippen LogP contribution is 2.30. The van der Waals surface area contributed by atoms with Gasteiger partial charge in [0.25, 0.3) is 5.91 Å². The predicted octanol–water partition coefficient (Wildman–Crippen LogP) is 4.29. The quantitative estimate of drug-likeness (QED) is 0.499. The Labute approximate surface area is 185 Å². The second-order valence-corrected chi connectivity index (χ2v) is 7.64. The molecule has 0 unspecified atom stereocenters. The van der Waals surface area contributed by atoms with E-state index in [0.29, 0.717) is 36.6 Å². The lowest BCUT2D eigenvalue weighted by atomic mass is 10.2. The van der Waals surface area contributed by atoms with Gasteiger partial charge in [-0.2, -0.15) is 0 Å². The fourth-order valence-corrected chi connectivity index (χ4v) is 3.85. The van der Waals surface area contributed by atoms with Crippen LogP contribution in [0.25, 0.3) is 5.65 Å². The standard InChI is InChI=1S/C25H22N4O3/c30-24-12-6-14-29(24)22-10-2-1-9-21(22)27-25(31)18-7-5-8-20(15-18)32-17-19-16-28-13-4-3-11-23(28)26-19/h1-5,7-11,13,15-16H,6,12,14,17H2,(H,27,31). The molecule has 7 heteroatoms. The van der Waals surface area contributed by atoms with Crippen molar-refractivity contribution in [1.82, 2.24) is 9.38 Å². The molecule has 0 atom stereocenters. The maximum atomic E-state index is 12.9. The Morgan fingerprint density at radius 3 is 2.78 bits per heavy atom. The third kappa shape index (κ3) is 4.05. The van der Waals surface area contributed by atoms with Gasteiger partial charge >= 0.3 is 0 Å². The Balaban J connectivity index is 1.29. The Kier molecular flexibility index (Phi) is 5.29. The van der Waals surface area contributed by atoms with Gasteiger partial charge in [0, 0.05) is 30.9 Å². The van der Waals surface area contributed by atoms with Crippen LogP contribution in [0.1, 0.15) is 28.9 Å². The van der Waals surface area contributed by atoms with E-state index < -0.39 is 0 Å². The van der Waals surface area contributed by atoms with Crippen LogP contribution in [0.5, 0.6) is 5.75 Å². The second-order valence-electron chi connectivity index (χ2n) is 7.64. The predicted molar refractivity (Wildman–Crippen MR) is 122 cm³/mol. The number of amides is 2. The number of fused-ring (bicyclic) bond motifs is 1. The summed E-state index contributed by atoms with van der Waals surface area (Å²) in [6.07, 6.45) is 5.22. The average Bonchev–Trinajstić information content (AvgIpc) is 3.44. The normalized spacial score (nSPS) is 13.5. The molecule has 0 aliphatic carbocycles. The Morgan fingerprint density at radius 1 is 1.06 bits per heavy atom. The maximum Gasteiger partial charge on any atom is 0.255 e. The summed E-state index contributed by atoms with van der Waals surface area (Å²) in [5.41, 5.74) is 3.47. The molecule has 1 fully saturated rings. The Hall–Kier alpha value is -4.13. The summed E-state index contributed by atoms with van der Waals surface area (Å²) in [5, 5.41) is 2.94. The minimum absolute atomic E-state index is 0.0778. The van der Waals surface area contributed by atoms with Gasteiger partial charge in [-0.15, -0.1) is 0 Å². The molecule has 5 rings (SSSR count). The number of benzene rings is 2. The molecule has 1 saturated heterocycles. The van der Waals surface area contributed by atoms with E-state index in [1.807, 2.05) is 65.3 Å². The van der Waals surface area contributed by atoms with Crippen LogP contribution in [-0.2, 0) is 11.4 Å². The van der Waals surface area contributed by atoms with Gasteiger partial charge in [0.2, 0.25) is 5.91 Å². The van der Waals surface area contributed by atoms with Crippen molar-refractivity contribution < 1.29 is 14.3 Å². The molecule has 0 bridgehead atoms.